The van der Waals surface area contributed by atoms with Gasteiger partial charge < -0.3 is 11.3 Å². The third-order valence-electron chi connectivity index (χ3n) is 4.64. The molecule has 0 amide bonds. The standard InChI is InChI=1S/C16H33O.C5H12O5S.H3N/c1-2-3-4-5-6-7-8-9-10-11-12-13-14-15-16-17;1-4-5(2,6)10-11(7,8)9-3;/h2-16H2,1H3;6H,4H2,1-3H3;1H3. The zero-order valence-electron chi connectivity index (χ0n) is 19.4. The molecule has 0 aromatic heterocycles. The summed E-state index contributed by atoms with van der Waals surface area (Å²) in [4.78, 5) is 0. The van der Waals surface area contributed by atoms with Gasteiger partial charge in [0.25, 0.3) is 0 Å². The summed E-state index contributed by atoms with van der Waals surface area (Å²) in [5.74, 6) is -1.69. The molecule has 0 fully saturated rings. The molecule has 0 aromatic carbocycles. The van der Waals surface area contributed by atoms with Crippen molar-refractivity contribution in [2.45, 2.75) is 123 Å². The Morgan fingerprint density at radius 3 is 1.38 bits per heavy atom. The number of hydrogen-bond acceptors (Lipinski definition) is 6. The summed E-state index contributed by atoms with van der Waals surface area (Å²) in [6, 6.07) is 0. The van der Waals surface area contributed by atoms with Crippen molar-refractivity contribution >= 4 is 10.4 Å². The Hall–Kier alpha value is -0.250. The first kappa shape index (κ1) is 33.4. The molecule has 1 atom stereocenters. The highest BCUT2D eigenvalue weighted by Crippen LogP contribution is 2.14. The molecular weight excluding hydrogens is 394 g/mol. The second-order valence-electron chi connectivity index (χ2n) is 7.49. The van der Waals surface area contributed by atoms with E-state index in [1.165, 1.54) is 84.0 Å². The monoisotopic (exact) mass is 442 g/mol. The third kappa shape index (κ3) is 27.8. The highest BCUT2D eigenvalue weighted by molar-refractivity contribution is 7.81. The molecule has 0 heterocycles. The predicted molar refractivity (Wildman–Crippen MR) is 119 cm³/mol. The van der Waals surface area contributed by atoms with Crippen LogP contribution in [0.25, 0.3) is 0 Å². The topological polar surface area (TPSA) is 128 Å². The van der Waals surface area contributed by atoms with E-state index in [9.17, 15) is 13.5 Å². The van der Waals surface area contributed by atoms with Crippen LogP contribution >= 0.6 is 0 Å². The highest BCUT2D eigenvalue weighted by Gasteiger charge is 2.26. The molecule has 0 aliphatic rings. The van der Waals surface area contributed by atoms with Crippen LogP contribution in [-0.2, 0) is 23.9 Å². The Morgan fingerprint density at radius 1 is 0.759 bits per heavy atom. The fourth-order valence-electron chi connectivity index (χ4n) is 2.61. The Labute approximate surface area is 180 Å². The van der Waals surface area contributed by atoms with Crippen LogP contribution in [-0.4, -0.2) is 33.0 Å². The van der Waals surface area contributed by atoms with E-state index in [4.69, 9.17) is 5.11 Å². The van der Waals surface area contributed by atoms with E-state index in [0.29, 0.717) is 0 Å². The molecule has 0 bridgehead atoms. The van der Waals surface area contributed by atoms with Crippen LogP contribution in [0.15, 0.2) is 0 Å². The van der Waals surface area contributed by atoms with Crippen molar-refractivity contribution in [1.82, 2.24) is 6.15 Å². The summed E-state index contributed by atoms with van der Waals surface area (Å²) in [5, 5.41) is 19.3. The maximum atomic E-state index is 10.6. The SMILES string of the molecule is CCC(C)(O)OS(=O)(=O)OC.CCCCCCCCCCCCCCCC[O].N. The normalized spacial score (nSPS) is 13.2. The Morgan fingerprint density at radius 2 is 1.10 bits per heavy atom. The molecule has 0 saturated carbocycles. The Kier molecular flexibility index (Phi) is 25.8. The van der Waals surface area contributed by atoms with Crippen LogP contribution in [0.3, 0.4) is 0 Å². The predicted octanol–water partition coefficient (Wildman–Crippen LogP) is 6.07. The lowest BCUT2D eigenvalue weighted by molar-refractivity contribution is -0.125. The van der Waals surface area contributed by atoms with Crippen molar-refractivity contribution in [2.75, 3.05) is 13.7 Å². The highest BCUT2D eigenvalue weighted by atomic mass is 32.3. The minimum absolute atomic E-state index is 0. The molecule has 1 unspecified atom stereocenters. The number of rotatable bonds is 18. The van der Waals surface area contributed by atoms with Crippen LogP contribution in [0.4, 0.5) is 0 Å². The van der Waals surface area contributed by atoms with Gasteiger partial charge in [0, 0.05) is 0 Å². The molecule has 29 heavy (non-hydrogen) atoms. The van der Waals surface area contributed by atoms with E-state index in [0.717, 1.165) is 20.0 Å². The Bertz CT molecular complexity index is 401. The summed E-state index contributed by atoms with van der Waals surface area (Å²) in [7, 11) is -3.08. The minimum Gasteiger partial charge on any atom is -0.365 e. The summed E-state index contributed by atoms with van der Waals surface area (Å²) in [6.45, 7) is 5.23. The van der Waals surface area contributed by atoms with Gasteiger partial charge in [0.1, 0.15) is 0 Å². The fraction of sp³-hybridized carbons (Fsp3) is 1.00. The molecule has 179 valence electrons. The van der Waals surface area contributed by atoms with Crippen molar-refractivity contribution in [3.63, 3.8) is 0 Å². The molecule has 0 rings (SSSR count). The molecule has 0 spiro atoms. The minimum atomic E-state index is -4.04. The van der Waals surface area contributed by atoms with E-state index >= 15 is 0 Å². The van der Waals surface area contributed by atoms with Crippen LogP contribution in [0.2, 0.25) is 0 Å². The Balaban J connectivity index is -0.000000491. The van der Waals surface area contributed by atoms with Gasteiger partial charge in [-0.3, -0.25) is 4.18 Å². The smallest absolute Gasteiger partial charge is 0.365 e. The first-order chi connectivity index (χ1) is 13.2. The van der Waals surface area contributed by atoms with E-state index in [-0.39, 0.29) is 19.2 Å². The van der Waals surface area contributed by atoms with Gasteiger partial charge in [0.2, 0.25) is 0 Å². The molecule has 0 aromatic rings. The molecule has 8 heteroatoms. The van der Waals surface area contributed by atoms with E-state index in [1.54, 1.807) is 6.92 Å². The van der Waals surface area contributed by atoms with E-state index in [2.05, 4.69) is 15.3 Å². The molecule has 1 radical (unpaired) electrons. The van der Waals surface area contributed by atoms with Crippen LogP contribution in [0.1, 0.15) is 117 Å². The van der Waals surface area contributed by atoms with E-state index < -0.39 is 16.2 Å². The van der Waals surface area contributed by atoms with Crippen LogP contribution < -0.4 is 6.15 Å². The number of hydrogen-bond donors (Lipinski definition) is 2. The zero-order chi connectivity index (χ0) is 21.7. The van der Waals surface area contributed by atoms with Crippen molar-refractivity contribution in [1.29, 1.82) is 0 Å². The maximum absolute atomic E-state index is 10.6. The quantitative estimate of drug-likeness (QED) is 0.196. The largest absolute Gasteiger partial charge is 0.402 e. The molecule has 0 aliphatic carbocycles. The van der Waals surface area contributed by atoms with Gasteiger partial charge in [-0.2, -0.15) is 8.42 Å². The van der Waals surface area contributed by atoms with Crippen molar-refractivity contribution in [3.8, 4) is 0 Å². The molecular formula is C21H48NO6S. The van der Waals surface area contributed by atoms with Gasteiger partial charge in [-0.05, 0) is 19.8 Å². The maximum Gasteiger partial charge on any atom is 0.402 e. The lowest BCUT2D eigenvalue weighted by Gasteiger charge is -2.19. The van der Waals surface area contributed by atoms with Crippen LogP contribution in [0.5, 0.6) is 0 Å². The average molecular weight is 443 g/mol. The molecule has 0 aliphatic heterocycles. The lowest BCUT2D eigenvalue weighted by atomic mass is 10.0. The molecule has 0 saturated heterocycles. The number of unbranched alkanes of at least 4 members (excludes halogenated alkanes) is 13. The summed E-state index contributed by atoms with van der Waals surface area (Å²) < 4.78 is 29.3. The summed E-state index contributed by atoms with van der Waals surface area (Å²) in [6.07, 6.45) is 19.0. The van der Waals surface area contributed by atoms with Crippen molar-refractivity contribution in [3.05, 3.63) is 0 Å². The van der Waals surface area contributed by atoms with Gasteiger partial charge in [0.15, 0.2) is 5.79 Å². The van der Waals surface area contributed by atoms with Crippen molar-refractivity contribution < 1.29 is 27.0 Å². The third-order valence-corrected chi connectivity index (χ3v) is 5.61. The summed E-state index contributed by atoms with van der Waals surface area (Å²) in [5.41, 5.74) is 0. The van der Waals surface area contributed by atoms with Gasteiger partial charge >= 0.3 is 10.4 Å². The van der Waals surface area contributed by atoms with Gasteiger partial charge in [-0.1, -0.05) is 97.3 Å². The van der Waals surface area contributed by atoms with Gasteiger partial charge in [-0.15, -0.1) is 0 Å². The van der Waals surface area contributed by atoms with Gasteiger partial charge in [0.05, 0.1) is 13.7 Å². The second-order valence-corrected chi connectivity index (χ2v) is 8.80. The molecule has 4 N–H and O–H groups in total. The fourth-order valence-corrected chi connectivity index (χ4v) is 3.24. The number of aliphatic hydroxyl groups is 1. The second kappa shape index (κ2) is 22.4. The van der Waals surface area contributed by atoms with E-state index in [1.807, 2.05) is 0 Å². The molecule has 7 nitrogen and oxygen atoms in total. The summed E-state index contributed by atoms with van der Waals surface area (Å²) >= 11 is 0. The van der Waals surface area contributed by atoms with Crippen LogP contribution in [0, 0.1) is 0 Å². The average Bonchev–Trinajstić information content (AvgIpc) is 2.65. The first-order valence-electron chi connectivity index (χ1n) is 11.1. The zero-order valence-corrected chi connectivity index (χ0v) is 20.2. The van der Waals surface area contributed by atoms with Crippen molar-refractivity contribution in [2.24, 2.45) is 0 Å². The first-order valence-corrected chi connectivity index (χ1v) is 12.4. The lowest BCUT2D eigenvalue weighted by Crippen LogP contribution is -2.30. The van der Waals surface area contributed by atoms with Gasteiger partial charge in [-0.25, -0.2) is 9.29 Å².